The lowest BCUT2D eigenvalue weighted by Crippen LogP contribution is -2.37. The Morgan fingerprint density at radius 2 is 1.84 bits per heavy atom. The van der Waals surface area contributed by atoms with Crippen LogP contribution < -0.4 is 5.32 Å². The number of halogens is 1. The maximum Gasteiger partial charge on any atom is 0.349 e. The van der Waals surface area contributed by atoms with Crippen LogP contribution in [0, 0.1) is 15.9 Å². The number of amides is 1. The summed E-state index contributed by atoms with van der Waals surface area (Å²) < 4.78 is 17.9. The van der Waals surface area contributed by atoms with E-state index in [1.54, 1.807) is 19.1 Å². The van der Waals surface area contributed by atoms with Gasteiger partial charge in [0.2, 0.25) is 0 Å². The predicted molar refractivity (Wildman–Crippen MR) is 88.8 cm³/mol. The Hall–Kier alpha value is -2.81. The maximum absolute atomic E-state index is 12.9. The molecule has 1 heterocycles. The smallest absolute Gasteiger partial charge is 0.349 e. The summed E-state index contributed by atoms with van der Waals surface area (Å²) >= 11 is 0.674. The summed E-state index contributed by atoms with van der Waals surface area (Å²) in [5, 5.41) is 13.1. The van der Waals surface area contributed by atoms with Gasteiger partial charge in [-0.2, -0.15) is 0 Å². The van der Waals surface area contributed by atoms with Gasteiger partial charge in [0, 0.05) is 6.07 Å². The number of nitro groups is 1. The van der Waals surface area contributed by atoms with E-state index in [0.717, 1.165) is 0 Å². The Morgan fingerprint density at radius 3 is 2.40 bits per heavy atom. The molecule has 9 heteroatoms. The molecule has 1 amide bonds. The van der Waals surface area contributed by atoms with Crippen molar-refractivity contribution in [3.63, 3.8) is 0 Å². The van der Waals surface area contributed by atoms with Gasteiger partial charge in [-0.3, -0.25) is 14.9 Å². The number of nitrogens with one attached hydrogen (secondary N) is 1. The fraction of sp³-hybridized carbons (Fsp3) is 0.250. The van der Waals surface area contributed by atoms with Crippen LogP contribution in [0.1, 0.15) is 35.1 Å². The van der Waals surface area contributed by atoms with Crippen molar-refractivity contribution in [2.24, 2.45) is 0 Å². The first-order valence-electron chi connectivity index (χ1n) is 7.29. The van der Waals surface area contributed by atoms with Crippen molar-refractivity contribution in [2.75, 3.05) is 0 Å². The lowest BCUT2D eigenvalue weighted by molar-refractivity contribution is -0.380. The Kier molecular flexibility index (Phi) is 5.81. The molecule has 132 valence electrons. The topological polar surface area (TPSA) is 98.5 Å². The highest BCUT2D eigenvalue weighted by Crippen LogP contribution is 2.24. The minimum absolute atomic E-state index is 0.0398. The second-order valence-corrected chi connectivity index (χ2v) is 6.29. The number of benzene rings is 1. The summed E-state index contributed by atoms with van der Waals surface area (Å²) in [4.78, 5) is 34.1. The summed E-state index contributed by atoms with van der Waals surface area (Å²) in [5.41, 5.74) is 0.696. The van der Waals surface area contributed by atoms with Gasteiger partial charge in [-0.05, 0) is 37.6 Å². The van der Waals surface area contributed by atoms with Crippen molar-refractivity contribution < 1.29 is 23.6 Å². The molecule has 0 bridgehead atoms. The molecular formula is C16H15FN2O5S. The summed E-state index contributed by atoms with van der Waals surface area (Å²) in [6, 6.07) is 7.72. The molecule has 2 atom stereocenters. The zero-order chi connectivity index (χ0) is 18.6. The number of ether oxygens (including phenoxy) is 1. The van der Waals surface area contributed by atoms with E-state index >= 15 is 0 Å². The van der Waals surface area contributed by atoms with Gasteiger partial charge in [0.1, 0.15) is 10.7 Å². The SMILES string of the molecule is C[C@@H](OC(=O)c1ccc([N+](=O)[O-])s1)C(=O)N[C@H](C)c1ccc(F)cc1. The molecular weight excluding hydrogens is 351 g/mol. The number of rotatable bonds is 6. The highest BCUT2D eigenvalue weighted by Gasteiger charge is 2.23. The highest BCUT2D eigenvalue weighted by atomic mass is 32.1. The zero-order valence-electron chi connectivity index (χ0n) is 13.4. The van der Waals surface area contributed by atoms with Gasteiger partial charge >= 0.3 is 11.0 Å². The first kappa shape index (κ1) is 18.5. The van der Waals surface area contributed by atoms with Crippen LogP contribution in [0.15, 0.2) is 36.4 Å². The van der Waals surface area contributed by atoms with Crippen LogP contribution in [-0.2, 0) is 9.53 Å². The molecule has 0 aliphatic heterocycles. The van der Waals surface area contributed by atoms with Crippen LogP contribution in [0.5, 0.6) is 0 Å². The number of carbonyl (C=O) groups is 2. The third-order valence-corrected chi connectivity index (χ3v) is 4.37. The lowest BCUT2D eigenvalue weighted by Gasteiger charge is -2.18. The van der Waals surface area contributed by atoms with Gasteiger partial charge in [-0.25, -0.2) is 9.18 Å². The number of hydrogen-bond acceptors (Lipinski definition) is 6. The maximum atomic E-state index is 12.9. The Labute approximate surface area is 146 Å². The van der Waals surface area contributed by atoms with Crippen molar-refractivity contribution in [2.45, 2.75) is 26.0 Å². The van der Waals surface area contributed by atoms with E-state index in [9.17, 15) is 24.1 Å². The summed E-state index contributed by atoms with van der Waals surface area (Å²) in [7, 11) is 0. The minimum atomic E-state index is -1.09. The Bertz CT molecular complexity index is 790. The molecule has 2 rings (SSSR count). The zero-order valence-corrected chi connectivity index (χ0v) is 14.2. The van der Waals surface area contributed by atoms with E-state index in [1.807, 2.05) is 0 Å². The van der Waals surface area contributed by atoms with Gasteiger partial charge < -0.3 is 10.1 Å². The molecule has 0 saturated heterocycles. The van der Waals surface area contributed by atoms with Gasteiger partial charge in [-0.1, -0.05) is 23.5 Å². The molecule has 1 aromatic heterocycles. The molecule has 0 radical (unpaired) electrons. The Balaban J connectivity index is 1.93. The third kappa shape index (κ3) is 4.83. The first-order valence-corrected chi connectivity index (χ1v) is 8.10. The third-order valence-electron chi connectivity index (χ3n) is 3.35. The second kappa shape index (κ2) is 7.84. The van der Waals surface area contributed by atoms with E-state index in [0.29, 0.717) is 16.9 Å². The van der Waals surface area contributed by atoms with Crippen molar-refractivity contribution in [1.82, 2.24) is 5.32 Å². The molecule has 1 N–H and O–H groups in total. The molecule has 0 aliphatic rings. The van der Waals surface area contributed by atoms with E-state index < -0.39 is 28.9 Å². The van der Waals surface area contributed by atoms with Crippen LogP contribution in [0.25, 0.3) is 0 Å². The van der Waals surface area contributed by atoms with Crippen LogP contribution in [0.2, 0.25) is 0 Å². The molecule has 0 unspecified atom stereocenters. The number of hydrogen-bond donors (Lipinski definition) is 1. The number of carbonyl (C=O) groups excluding carboxylic acids is 2. The lowest BCUT2D eigenvalue weighted by atomic mass is 10.1. The summed E-state index contributed by atoms with van der Waals surface area (Å²) in [6.07, 6.45) is -1.09. The standard InChI is InChI=1S/C16H15FN2O5S/c1-9(11-3-5-12(17)6-4-11)18-15(20)10(2)24-16(21)13-7-8-14(25-13)19(22)23/h3-10H,1-2H3,(H,18,20)/t9-,10-/m1/s1. The van der Waals surface area contributed by atoms with E-state index in [1.165, 1.54) is 31.2 Å². The fourth-order valence-electron chi connectivity index (χ4n) is 1.97. The van der Waals surface area contributed by atoms with Crippen molar-refractivity contribution in [1.29, 1.82) is 0 Å². The molecule has 0 saturated carbocycles. The monoisotopic (exact) mass is 366 g/mol. The van der Waals surface area contributed by atoms with Gasteiger partial charge in [0.05, 0.1) is 11.0 Å². The minimum Gasteiger partial charge on any atom is -0.448 e. The van der Waals surface area contributed by atoms with Crippen LogP contribution in [-0.4, -0.2) is 22.9 Å². The molecule has 0 fully saturated rings. The molecule has 0 spiro atoms. The average Bonchev–Trinajstić information content (AvgIpc) is 3.05. The largest absolute Gasteiger partial charge is 0.448 e. The molecule has 2 aromatic rings. The quantitative estimate of drug-likeness (QED) is 0.481. The number of nitrogens with zero attached hydrogens (tertiary/aromatic N) is 1. The summed E-state index contributed by atoms with van der Waals surface area (Å²) in [5.74, 6) is -1.72. The van der Waals surface area contributed by atoms with E-state index in [4.69, 9.17) is 4.74 Å². The van der Waals surface area contributed by atoms with Gasteiger partial charge in [0.25, 0.3) is 5.91 Å². The molecule has 25 heavy (non-hydrogen) atoms. The fourth-order valence-corrected chi connectivity index (χ4v) is 2.68. The van der Waals surface area contributed by atoms with Gasteiger partial charge in [-0.15, -0.1) is 0 Å². The first-order chi connectivity index (χ1) is 11.8. The number of thiophene rings is 1. The molecule has 7 nitrogen and oxygen atoms in total. The summed E-state index contributed by atoms with van der Waals surface area (Å²) in [6.45, 7) is 3.11. The van der Waals surface area contributed by atoms with Crippen molar-refractivity contribution in [3.8, 4) is 0 Å². The normalized spacial score (nSPS) is 12.9. The second-order valence-electron chi connectivity index (χ2n) is 5.22. The van der Waals surface area contributed by atoms with Crippen molar-refractivity contribution >= 4 is 28.2 Å². The van der Waals surface area contributed by atoms with Crippen LogP contribution in [0.3, 0.4) is 0 Å². The van der Waals surface area contributed by atoms with E-state index in [2.05, 4.69) is 5.32 Å². The molecule has 1 aromatic carbocycles. The average molecular weight is 366 g/mol. The predicted octanol–water partition coefficient (Wildman–Crippen LogP) is 3.22. The Morgan fingerprint density at radius 1 is 1.20 bits per heavy atom. The van der Waals surface area contributed by atoms with Crippen LogP contribution in [0.4, 0.5) is 9.39 Å². The van der Waals surface area contributed by atoms with Crippen LogP contribution >= 0.6 is 11.3 Å². The number of esters is 1. The van der Waals surface area contributed by atoms with Crippen molar-refractivity contribution in [3.05, 3.63) is 62.8 Å². The van der Waals surface area contributed by atoms with Gasteiger partial charge in [0.15, 0.2) is 6.10 Å². The molecule has 0 aliphatic carbocycles. The highest BCUT2D eigenvalue weighted by molar-refractivity contribution is 7.17. The van der Waals surface area contributed by atoms with E-state index in [-0.39, 0.29) is 15.7 Å².